The predicted octanol–water partition coefficient (Wildman–Crippen LogP) is 2.54. The van der Waals surface area contributed by atoms with E-state index in [2.05, 4.69) is 4.99 Å². The number of hydrogen-bond acceptors (Lipinski definition) is 4. The molecule has 0 aromatic heterocycles. The van der Waals surface area contributed by atoms with Crippen LogP contribution in [0.3, 0.4) is 0 Å². The molecule has 148 valence electrons. The van der Waals surface area contributed by atoms with E-state index in [1.165, 1.54) is 4.90 Å². The molecule has 1 amide bonds. The van der Waals surface area contributed by atoms with Crippen molar-refractivity contribution in [3.63, 3.8) is 0 Å². The van der Waals surface area contributed by atoms with Gasteiger partial charge in [-0.3, -0.25) is 9.69 Å². The molecule has 0 saturated heterocycles. The summed E-state index contributed by atoms with van der Waals surface area (Å²) in [5.74, 6) is -2.58. The average molecular weight is 393 g/mol. The third-order valence-electron chi connectivity index (χ3n) is 4.10. The molecule has 6 nitrogen and oxygen atoms in total. The van der Waals surface area contributed by atoms with Crippen LogP contribution < -0.4 is 5.73 Å². The first-order valence-electron chi connectivity index (χ1n) is 8.11. The van der Waals surface area contributed by atoms with Gasteiger partial charge in [-0.2, -0.15) is 13.2 Å². The molecule has 0 saturated carbocycles. The van der Waals surface area contributed by atoms with E-state index in [1.54, 1.807) is 7.05 Å². The van der Waals surface area contributed by atoms with Crippen molar-refractivity contribution >= 4 is 17.8 Å². The van der Waals surface area contributed by atoms with Gasteiger partial charge in [0.1, 0.15) is 0 Å². The van der Waals surface area contributed by atoms with E-state index < -0.39 is 17.7 Å². The Morgan fingerprint density at radius 3 is 1.96 bits per heavy atom. The number of guanidine groups is 1. The summed E-state index contributed by atoms with van der Waals surface area (Å²) in [6.45, 7) is 0. The maximum Gasteiger partial charge on any atom is 0.490 e. The maximum atomic E-state index is 12.8. The average Bonchev–Trinajstić information content (AvgIpc) is 2.88. The lowest BCUT2D eigenvalue weighted by atomic mass is 9.84. The number of nitrogens with zero attached hydrogens (tertiary/aromatic N) is 2. The summed E-state index contributed by atoms with van der Waals surface area (Å²) >= 11 is 0. The molecule has 0 aliphatic carbocycles. The van der Waals surface area contributed by atoms with Gasteiger partial charge in [-0.1, -0.05) is 60.7 Å². The molecule has 9 heteroatoms. The number of likely N-dealkylation sites (N-methyl/N-ethyl adjacent to an activating group) is 1. The zero-order chi connectivity index (χ0) is 20.9. The smallest absolute Gasteiger partial charge is 0.475 e. The number of benzene rings is 2. The number of carboxylic acids is 1. The van der Waals surface area contributed by atoms with Gasteiger partial charge in [0.15, 0.2) is 11.5 Å². The Morgan fingerprint density at radius 2 is 1.57 bits per heavy atom. The molecule has 1 aliphatic heterocycles. The van der Waals surface area contributed by atoms with Crippen LogP contribution in [0.4, 0.5) is 13.2 Å². The first-order valence-corrected chi connectivity index (χ1v) is 8.11. The van der Waals surface area contributed by atoms with Crippen LogP contribution in [0.25, 0.3) is 0 Å². The Labute approximate surface area is 159 Å². The fourth-order valence-electron chi connectivity index (χ4n) is 2.71. The highest BCUT2D eigenvalue weighted by molar-refractivity contribution is 6.07. The molecule has 0 spiro atoms. The number of aliphatic carboxylic acids is 1. The summed E-state index contributed by atoms with van der Waals surface area (Å²) in [6, 6.07) is 19.5. The number of rotatable bonds is 3. The van der Waals surface area contributed by atoms with E-state index in [0.29, 0.717) is 6.42 Å². The van der Waals surface area contributed by atoms with Crippen LogP contribution in [-0.2, 0) is 21.5 Å². The molecule has 2 aromatic carbocycles. The fraction of sp³-hybridized carbons (Fsp3) is 0.211. The molecule has 3 N–H and O–H groups in total. The molecule has 1 aliphatic rings. The van der Waals surface area contributed by atoms with Crippen molar-refractivity contribution in [1.29, 1.82) is 0 Å². The van der Waals surface area contributed by atoms with Gasteiger partial charge >= 0.3 is 12.1 Å². The van der Waals surface area contributed by atoms with Crippen LogP contribution in [0.1, 0.15) is 11.1 Å². The zero-order valence-corrected chi connectivity index (χ0v) is 14.8. The number of carbonyl (C=O) groups is 2. The molecular formula is C19H18F3N3O3. The Balaban J connectivity index is 0.000000345. The molecule has 0 fully saturated rings. The highest BCUT2D eigenvalue weighted by Crippen LogP contribution is 2.35. The number of hydrogen-bond donors (Lipinski definition) is 2. The Hall–Kier alpha value is -3.36. The SMILES string of the molecule is CN1C(=O)C(Cc2ccccc2)(c2ccccc2)N=C1N.O=C(O)C(F)(F)F. The molecule has 1 unspecified atom stereocenters. The molecule has 2 aromatic rings. The van der Waals surface area contributed by atoms with Crippen molar-refractivity contribution < 1.29 is 27.9 Å². The normalized spacial score (nSPS) is 18.9. The highest BCUT2D eigenvalue weighted by atomic mass is 19.4. The van der Waals surface area contributed by atoms with Crippen LogP contribution in [0.2, 0.25) is 0 Å². The highest BCUT2D eigenvalue weighted by Gasteiger charge is 2.47. The maximum absolute atomic E-state index is 12.8. The van der Waals surface area contributed by atoms with Crippen molar-refractivity contribution in [1.82, 2.24) is 4.90 Å². The molecular weight excluding hydrogens is 375 g/mol. The number of nitrogens with two attached hydrogens (primary N) is 1. The van der Waals surface area contributed by atoms with E-state index >= 15 is 0 Å². The van der Waals surface area contributed by atoms with Gasteiger partial charge < -0.3 is 10.8 Å². The second kappa shape index (κ2) is 8.12. The fourth-order valence-corrected chi connectivity index (χ4v) is 2.71. The third-order valence-corrected chi connectivity index (χ3v) is 4.10. The van der Waals surface area contributed by atoms with Crippen LogP contribution in [-0.4, -0.2) is 41.1 Å². The first kappa shape index (κ1) is 20.9. The number of aliphatic imine (C=N–C) groups is 1. The minimum Gasteiger partial charge on any atom is -0.475 e. The van der Waals surface area contributed by atoms with Crippen molar-refractivity contribution in [2.24, 2.45) is 10.7 Å². The van der Waals surface area contributed by atoms with E-state index in [9.17, 15) is 18.0 Å². The van der Waals surface area contributed by atoms with Gasteiger partial charge in [-0.05, 0) is 11.1 Å². The quantitative estimate of drug-likeness (QED) is 0.838. The lowest BCUT2D eigenvalue weighted by molar-refractivity contribution is -0.192. The monoisotopic (exact) mass is 393 g/mol. The van der Waals surface area contributed by atoms with Gasteiger partial charge in [0.05, 0.1) is 0 Å². The summed E-state index contributed by atoms with van der Waals surface area (Å²) in [5, 5.41) is 7.12. The molecule has 3 rings (SSSR count). The van der Waals surface area contributed by atoms with Gasteiger partial charge in [-0.25, -0.2) is 9.79 Å². The van der Waals surface area contributed by atoms with Gasteiger partial charge in [0.25, 0.3) is 5.91 Å². The molecule has 1 atom stereocenters. The van der Waals surface area contributed by atoms with Crippen LogP contribution in [0, 0.1) is 0 Å². The predicted molar refractivity (Wildman–Crippen MR) is 96.3 cm³/mol. The standard InChI is InChI=1S/C17H17N3O.C2HF3O2/c1-20-15(21)17(19-16(20)18,14-10-6-3-7-11-14)12-13-8-4-2-5-9-13;3-2(4,5)1(6)7/h2-11H,12H2,1H3,(H2,18,19);(H,6,7). The van der Waals surface area contributed by atoms with Gasteiger partial charge in [-0.15, -0.1) is 0 Å². The minimum atomic E-state index is -5.08. The number of halogens is 3. The largest absolute Gasteiger partial charge is 0.490 e. The Kier molecular flexibility index (Phi) is 6.07. The van der Waals surface area contributed by atoms with Gasteiger partial charge in [0.2, 0.25) is 0 Å². The van der Waals surface area contributed by atoms with E-state index in [0.717, 1.165) is 11.1 Å². The summed E-state index contributed by atoms with van der Waals surface area (Å²) in [4.78, 5) is 27.6. The van der Waals surface area contributed by atoms with Crippen molar-refractivity contribution in [3.8, 4) is 0 Å². The van der Waals surface area contributed by atoms with E-state index in [4.69, 9.17) is 15.6 Å². The third kappa shape index (κ3) is 4.48. The lowest BCUT2D eigenvalue weighted by Crippen LogP contribution is -2.41. The Morgan fingerprint density at radius 1 is 1.11 bits per heavy atom. The summed E-state index contributed by atoms with van der Waals surface area (Å²) in [5.41, 5.74) is 6.86. The number of amides is 1. The van der Waals surface area contributed by atoms with Crippen LogP contribution in [0.15, 0.2) is 65.7 Å². The zero-order valence-electron chi connectivity index (χ0n) is 14.8. The molecule has 0 bridgehead atoms. The molecule has 0 radical (unpaired) electrons. The summed E-state index contributed by atoms with van der Waals surface area (Å²) < 4.78 is 31.7. The topological polar surface area (TPSA) is 96.0 Å². The van der Waals surface area contributed by atoms with E-state index in [1.807, 2.05) is 60.7 Å². The number of alkyl halides is 3. The molecule has 28 heavy (non-hydrogen) atoms. The lowest BCUT2D eigenvalue weighted by Gasteiger charge is -2.25. The summed E-state index contributed by atoms with van der Waals surface area (Å²) in [7, 11) is 1.66. The number of carbonyl (C=O) groups excluding carboxylic acids is 1. The van der Waals surface area contributed by atoms with Crippen LogP contribution in [0.5, 0.6) is 0 Å². The first-order chi connectivity index (χ1) is 13.1. The minimum absolute atomic E-state index is 0.0879. The number of carboxylic acid groups (broad SMARTS) is 1. The van der Waals surface area contributed by atoms with Gasteiger partial charge in [0, 0.05) is 13.5 Å². The van der Waals surface area contributed by atoms with Crippen molar-refractivity contribution in [2.75, 3.05) is 7.05 Å². The molecule has 1 heterocycles. The Bertz CT molecular complexity index is 870. The van der Waals surface area contributed by atoms with Crippen LogP contribution >= 0.6 is 0 Å². The van der Waals surface area contributed by atoms with E-state index in [-0.39, 0.29) is 11.9 Å². The summed E-state index contributed by atoms with van der Waals surface area (Å²) in [6.07, 6.45) is -4.58. The second-order valence-corrected chi connectivity index (χ2v) is 6.03. The second-order valence-electron chi connectivity index (χ2n) is 6.03. The van der Waals surface area contributed by atoms with Crippen molar-refractivity contribution in [3.05, 3.63) is 71.8 Å². The van der Waals surface area contributed by atoms with Crippen molar-refractivity contribution in [2.45, 2.75) is 18.1 Å².